The summed E-state index contributed by atoms with van der Waals surface area (Å²) in [5.41, 5.74) is 1.58. The Hall–Kier alpha value is -1.31. The Morgan fingerprint density at radius 1 is 1.04 bits per heavy atom. The molecule has 3 rings (SSSR count). The highest BCUT2D eigenvalue weighted by Crippen LogP contribution is 2.31. The second-order valence-electron chi connectivity index (χ2n) is 6.70. The number of amides is 1. The minimum absolute atomic E-state index is 0.0126. The van der Waals surface area contributed by atoms with E-state index in [0.29, 0.717) is 28.6 Å². The van der Waals surface area contributed by atoms with Gasteiger partial charge in [0, 0.05) is 34.7 Å². The Balaban J connectivity index is 1.66. The number of anilines is 1. The van der Waals surface area contributed by atoms with Gasteiger partial charge < -0.3 is 5.32 Å². The van der Waals surface area contributed by atoms with Gasteiger partial charge in [-0.25, -0.2) is 8.42 Å². The molecule has 1 amide bonds. The highest BCUT2D eigenvalue weighted by atomic mass is 35.5. The number of nitrogens with zero attached hydrogens (tertiary/aromatic N) is 1. The molecule has 9 heteroatoms. The van der Waals surface area contributed by atoms with Crippen molar-refractivity contribution in [2.75, 3.05) is 18.4 Å². The van der Waals surface area contributed by atoms with E-state index in [0.717, 1.165) is 5.56 Å². The number of sulfonamides is 1. The van der Waals surface area contributed by atoms with Gasteiger partial charge in [0.1, 0.15) is 4.90 Å². The molecule has 0 unspecified atom stereocenters. The predicted octanol–water partition coefficient (Wildman–Crippen LogP) is 4.99. The van der Waals surface area contributed by atoms with Crippen LogP contribution in [0.5, 0.6) is 0 Å². The molecule has 1 fully saturated rings. The average Bonchev–Trinajstić information content (AvgIpc) is 2.66. The number of hydrogen-bond acceptors (Lipinski definition) is 3. The maximum absolute atomic E-state index is 12.9. The molecule has 28 heavy (non-hydrogen) atoms. The second-order valence-corrected chi connectivity index (χ2v) is 9.89. The average molecular weight is 462 g/mol. The van der Waals surface area contributed by atoms with Crippen molar-refractivity contribution < 1.29 is 13.2 Å². The summed E-state index contributed by atoms with van der Waals surface area (Å²) in [7, 11) is -3.76. The number of halogens is 3. The van der Waals surface area contributed by atoms with Gasteiger partial charge in [-0.2, -0.15) is 4.31 Å². The monoisotopic (exact) mass is 460 g/mol. The summed E-state index contributed by atoms with van der Waals surface area (Å²) in [6.45, 7) is 2.34. The first-order valence-corrected chi connectivity index (χ1v) is 11.3. The van der Waals surface area contributed by atoms with E-state index in [1.807, 2.05) is 6.92 Å². The normalized spacial score (nSPS) is 16.1. The molecule has 0 radical (unpaired) electrons. The first-order valence-electron chi connectivity index (χ1n) is 8.70. The number of aryl methyl sites for hydroxylation is 1. The Morgan fingerprint density at radius 2 is 1.64 bits per heavy atom. The van der Waals surface area contributed by atoms with E-state index < -0.39 is 10.0 Å². The SMILES string of the molecule is Cc1cc(Cl)ccc1NC(=O)C1CCN(S(=O)(=O)c2cc(Cl)ccc2Cl)CC1. The van der Waals surface area contributed by atoms with Crippen LogP contribution in [0.4, 0.5) is 5.69 Å². The van der Waals surface area contributed by atoms with E-state index >= 15 is 0 Å². The highest BCUT2D eigenvalue weighted by Gasteiger charge is 2.33. The van der Waals surface area contributed by atoms with Gasteiger partial charge in [0.05, 0.1) is 5.02 Å². The quantitative estimate of drug-likeness (QED) is 0.697. The molecule has 5 nitrogen and oxygen atoms in total. The lowest BCUT2D eigenvalue weighted by atomic mass is 9.97. The van der Waals surface area contributed by atoms with Crippen molar-refractivity contribution >= 4 is 56.4 Å². The Morgan fingerprint density at radius 3 is 2.29 bits per heavy atom. The molecule has 1 N–H and O–H groups in total. The second kappa shape index (κ2) is 8.59. The van der Waals surface area contributed by atoms with Gasteiger partial charge in [-0.15, -0.1) is 0 Å². The molecule has 0 aliphatic carbocycles. The third-order valence-corrected chi connectivity index (χ3v) is 7.63. The zero-order chi connectivity index (χ0) is 20.5. The molecule has 1 saturated heterocycles. The van der Waals surface area contributed by atoms with E-state index in [-0.39, 0.29) is 34.8 Å². The van der Waals surface area contributed by atoms with Gasteiger partial charge in [0.2, 0.25) is 15.9 Å². The smallest absolute Gasteiger partial charge is 0.244 e. The summed E-state index contributed by atoms with van der Waals surface area (Å²) in [5.74, 6) is -0.389. The lowest BCUT2D eigenvalue weighted by molar-refractivity contribution is -0.120. The lowest BCUT2D eigenvalue weighted by Crippen LogP contribution is -2.41. The predicted molar refractivity (Wildman–Crippen MR) is 113 cm³/mol. The third kappa shape index (κ3) is 4.63. The summed E-state index contributed by atoms with van der Waals surface area (Å²) in [4.78, 5) is 12.6. The molecule has 1 aliphatic rings. The van der Waals surface area contributed by atoms with Gasteiger partial charge in [-0.3, -0.25) is 4.79 Å². The number of nitrogens with one attached hydrogen (secondary N) is 1. The van der Waals surface area contributed by atoms with Crippen LogP contribution in [0.25, 0.3) is 0 Å². The van der Waals surface area contributed by atoms with Crippen molar-refractivity contribution in [3.8, 4) is 0 Å². The molecular formula is C19H19Cl3N2O3S. The molecule has 150 valence electrons. The summed E-state index contributed by atoms with van der Waals surface area (Å²) < 4.78 is 27.1. The molecule has 0 atom stereocenters. The van der Waals surface area contributed by atoms with E-state index in [9.17, 15) is 13.2 Å². The van der Waals surface area contributed by atoms with Crippen LogP contribution in [-0.4, -0.2) is 31.7 Å². The van der Waals surface area contributed by atoms with Gasteiger partial charge in [-0.05, 0) is 61.7 Å². The van der Waals surface area contributed by atoms with E-state index in [1.165, 1.54) is 22.5 Å². The van der Waals surface area contributed by atoms with Gasteiger partial charge >= 0.3 is 0 Å². The molecule has 0 saturated carbocycles. The largest absolute Gasteiger partial charge is 0.326 e. The van der Waals surface area contributed by atoms with Crippen LogP contribution in [0.15, 0.2) is 41.3 Å². The minimum Gasteiger partial charge on any atom is -0.326 e. The molecule has 1 aliphatic heterocycles. The Labute approximate surface area is 179 Å². The fraction of sp³-hybridized carbons (Fsp3) is 0.316. The maximum Gasteiger partial charge on any atom is 0.244 e. The fourth-order valence-corrected chi connectivity index (χ4v) is 5.61. The zero-order valence-corrected chi connectivity index (χ0v) is 18.2. The number of hydrogen-bond donors (Lipinski definition) is 1. The Bertz CT molecular complexity index is 1000. The molecule has 0 bridgehead atoms. The number of piperidine rings is 1. The lowest BCUT2D eigenvalue weighted by Gasteiger charge is -2.31. The molecule has 0 aromatic heterocycles. The Kier molecular flexibility index (Phi) is 6.57. The summed E-state index contributed by atoms with van der Waals surface area (Å²) >= 11 is 17.9. The van der Waals surface area contributed by atoms with Crippen LogP contribution in [-0.2, 0) is 14.8 Å². The van der Waals surface area contributed by atoms with Crippen LogP contribution in [0, 0.1) is 12.8 Å². The van der Waals surface area contributed by atoms with Crippen molar-refractivity contribution in [2.24, 2.45) is 5.92 Å². The first-order chi connectivity index (χ1) is 13.2. The number of benzene rings is 2. The standard InChI is InChI=1S/C19H19Cl3N2O3S/c1-12-10-14(20)3-5-17(12)23-19(25)13-6-8-24(9-7-13)28(26,27)18-11-15(21)2-4-16(18)22/h2-5,10-11,13H,6-9H2,1H3,(H,23,25). The zero-order valence-electron chi connectivity index (χ0n) is 15.1. The maximum atomic E-state index is 12.9. The van der Waals surface area contributed by atoms with Crippen molar-refractivity contribution in [3.05, 3.63) is 57.0 Å². The van der Waals surface area contributed by atoms with Crippen LogP contribution < -0.4 is 5.32 Å². The molecule has 0 spiro atoms. The van der Waals surface area contributed by atoms with Crippen LogP contribution in [0.1, 0.15) is 18.4 Å². The van der Waals surface area contributed by atoms with Crippen molar-refractivity contribution in [3.63, 3.8) is 0 Å². The first kappa shape index (κ1) is 21.4. The number of carbonyl (C=O) groups is 1. The summed E-state index contributed by atoms with van der Waals surface area (Å²) in [5, 5.41) is 3.94. The van der Waals surface area contributed by atoms with Gasteiger partial charge in [0.25, 0.3) is 0 Å². The number of carbonyl (C=O) groups excluding carboxylic acids is 1. The van der Waals surface area contributed by atoms with E-state index in [4.69, 9.17) is 34.8 Å². The fourth-order valence-electron chi connectivity index (χ4n) is 3.17. The van der Waals surface area contributed by atoms with Gasteiger partial charge in [0.15, 0.2) is 0 Å². The van der Waals surface area contributed by atoms with Gasteiger partial charge in [-0.1, -0.05) is 34.8 Å². The third-order valence-electron chi connectivity index (χ3n) is 4.78. The van der Waals surface area contributed by atoms with E-state index in [1.54, 1.807) is 18.2 Å². The summed E-state index contributed by atoms with van der Waals surface area (Å²) in [6.07, 6.45) is 0.853. The van der Waals surface area contributed by atoms with Crippen molar-refractivity contribution in [1.29, 1.82) is 0 Å². The molecule has 1 heterocycles. The minimum atomic E-state index is -3.76. The summed E-state index contributed by atoms with van der Waals surface area (Å²) in [6, 6.07) is 9.61. The van der Waals surface area contributed by atoms with Crippen molar-refractivity contribution in [2.45, 2.75) is 24.7 Å². The molecule has 2 aromatic carbocycles. The van der Waals surface area contributed by atoms with Crippen LogP contribution in [0.3, 0.4) is 0 Å². The molecule has 2 aromatic rings. The van der Waals surface area contributed by atoms with Crippen molar-refractivity contribution in [1.82, 2.24) is 4.31 Å². The van der Waals surface area contributed by atoms with E-state index in [2.05, 4.69) is 5.32 Å². The topological polar surface area (TPSA) is 66.5 Å². The van der Waals surface area contributed by atoms with Crippen LogP contribution in [0.2, 0.25) is 15.1 Å². The highest BCUT2D eigenvalue weighted by molar-refractivity contribution is 7.89. The number of rotatable bonds is 4. The molecular weight excluding hydrogens is 443 g/mol. The van der Waals surface area contributed by atoms with Crippen LogP contribution >= 0.6 is 34.8 Å².